The van der Waals surface area contributed by atoms with Crippen molar-refractivity contribution in [3.63, 3.8) is 0 Å². The molecule has 0 aromatic heterocycles. The fraction of sp³-hybridized carbons (Fsp3) is 0.857. The molecule has 0 fully saturated rings. The molecule has 0 aliphatic rings. The molecule has 2 N–H and O–H groups in total. The van der Waals surface area contributed by atoms with Crippen LogP contribution in [-0.4, -0.2) is 28.5 Å². The first-order valence-corrected chi connectivity index (χ1v) is 4.27. The van der Waals surface area contributed by atoms with Gasteiger partial charge >= 0.3 is 5.97 Å². The molecule has 0 heterocycles. The zero-order valence-corrected chi connectivity index (χ0v) is 8.39. The van der Waals surface area contributed by atoms with E-state index in [-0.39, 0.29) is 5.75 Å². The van der Waals surface area contributed by atoms with Gasteiger partial charge in [-0.05, 0) is 20.8 Å². The summed E-state index contributed by atoms with van der Waals surface area (Å²) in [5.41, 5.74) is 2.04. The Morgan fingerprint density at radius 1 is 1.67 bits per heavy atom. The highest BCUT2D eigenvalue weighted by Crippen LogP contribution is 2.04. The quantitative estimate of drug-likeness (QED) is 0.454. The molecule has 0 aliphatic carbocycles. The summed E-state index contributed by atoms with van der Waals surface area (Å²) < 4.78 is 0. The van der Waals surface area contributed by atoms with Gasteiger partial charge in [0.15, 0.2) is 0 Å². The van der Waals surface area contributed by atoms with E-state index in [1.165, 1.54) is 0 Å². The summed E-state index contributed by atoms with van der Waals surface area (Å²) in [6, 6.07) is -0.757. The first kappa shape index (κ1) is 11.7. The van der Waals surface area contributed by atoms with Crippen molar-refractivity contribution in [2.75, 3.05) is 5.75 Å². The molecule has 4 nitrogen and oxygen atoms in total. The molecule has 0 aliphatic heterocycles. The lowest BCUT2D eigenvalue weighted by Crippen LogP contribution is -2.42. The Bertz CT molecular complexity index is 155. The molecule has 0 aromatic rings. The largest absolute Gasteiger partial charge is 0.480 e. The van der Waals surface area contributed by atoms with E-state index < -0.39 is 17.6 Å². The van der Waals surface area contributed by atoms with E-state index in [1.54, 1.807) is 0 Å². The molecule has 5 heteroatoms. The number of hydrogen-bond donors (Lipinski definition) is 3. The standard InChI is InChI=1S/C7H15NO3S/c1-7(2,3)11-8-5(4-12)6(9)10/h5,8,12H,4H2,1-3H3,(H,9,10)/t5-/m0/s1. The molecule has 0 spiro atoms. The van der Waals surface area contributed by atoms with Gasteiger partial charge in [-0.3, -0.25) is 9.63 Å². The molecule has 0 bridgehead atoms. The lowest BCUT2D eigenvalue weighted by Gasteiger charge is -2.22. The van der Waals surface area contributed by atoms with Crippen molar-refractivity contribution in [3.05, 3.63) is 0 Å². The fourth-order valence-electron chi connectivity index (χ4n) is 0.414. The third-order valence-electron chi connectivity index (χ3n) is 0.988. The van der Waals surface area contributed by atoms with Gasteiger partial charge < -0.3 is 5.11 Å². The Morgan fingerprint density at radius 2 is 2.17 bits per heavy atom. The summed E-state index contributed by atoms with van der Waals surface area (Å²) in [7, 11) is 0. The van der Waals surface area contributed by atoms with Crippen LogP contribution in [-0.2, 0) is 9.63 Å². The molecule has 0 saturated heterocycles. The van der Waals surface area contributed by atoms with Gasteiger partial charge in [-0.2, -0.15) is 18.1 Å². The van der Waals surface area contributed by atoms with Crippen LogP contribution in [0.3, 0.4) is 0 Å². The molecule has 0 rings (SSSR count). The van der Waals surface area contributed by atoms with Crippen LogP contribution >= 0.6 is 12.6 Å². The summed E-state index contributed by atoms with van der Waals surface area (Å²) in [5, 5.41) is 8.58. The summed E-state index contributed by atoms with van der Waals surface area (Å²) in [6.07, 6.45) is 0. The summed E-state index contributed by atoms with van der Waals surface area (Å²) in [4.78, 5) is 15.5. The van der Waals surface area contributed by atoms with Gasteiger partial charge in [-0.25, -0.2) is 0 Å². The van der Waals surface area contributed by atoms with Gasteiger partial charge in [-0.15, -0.1) is 0 Å². The number of carbonyl (C=O) groups is 1. The van der Waals surface area contributed by atoms with Crippen molar-refractivity contribution >= 4 is 18.6 Å². The Labute approximate surface area is 77.7 Å². The van der Waals surface area contributed by atoms with Gasteiger partial charge in [0.05, 0.1) is 5.60 Å². The van der Waals surface area contributed by atoms with E-state index in [9.17, 15) is 4.79 Å². The van der Waals surface area contributed by atoms with Gasteiger partial charge in [0.2, 0.25) is 0 Å². The van der Waals surface area contributed by atoms with Crippen LogP contribution in [0.4, 0.5) is 0 Å². The second kappa shape index (κ2) is 4.69. The van der Waals surface area contributed by atoms with E-state index in [0.717, 1.165) is 0 Å². The number of nitrogens with one attached hydrogen (secondary N) is 1. The maximum atomic E-state index is 10.5. The van der Waals surface area contributed by atoms with Crippen LogP contribution in [0.2, 0.25) is 0 Å². The number of aliphatic carboxylic acids is 1. The van der Waals surface area contributed by atoms with Crippen LogP contribution in [0.5, 0.6) is 0 Å². The highest BCUT2D eigenvalue weighted by Gasteiger charge is 2.18. The predicted octanol–water partition coefficient (Wildman–Crippen LogP) is 0.689. The van der Waals surface area contributed by atoms with Crippen LogP contribution in [0.25, 0.3) is 0 Å². The maximum Gasteiger partial charge on any atom is 0.323 e. The van der Waals surface area contributed by atoms with E-state index in [0.29, 0.717) is 0 Å². The minimum atomic E-state index is -0.964. The number of carboxylic acid groups (broad SMARTS) is 1. The Morgan fingerprint density at radius 3 is 2.42 bits per heavy atom. The molecular formula is C7H15NO3S. The molecule has 0 aromatic carbocycles. The van der Waals surface area contributed by atoms with E-state index in [1.807, 2.05) is 20.8 Å². The number of hydroxylamine groups is 1. The number of thiol groups is 1. The average molecular weight is 193 g/mol. The molecule has 0 radical (unpaired) electrons. The monoisotopic (exact) mass is 193 g/mol. The van der Waals surface area contributed by atoms with E-state index >= 15 is 0 Å². The van der Waals surface area contributed by atoms with Crippen molar-refractivity contribution in [2.24, 2.45) is 0 Å². The summed E-state index contributed by atoms with van der Waals surface area (Å²) >= 11 is 3.86. The summed E-state index contributed by atoms with van der Waals surface area (Å²) in [6.45, 7) is 5.49. The van der Waals surface area contributed by atoms with Crippen LogP contribution < -0.4 is 5.48 Å². The minimum Gasteiger partial charge on any atom is -0.480 e. The first-order chi connectivity index (χ1) is 5.37. The van der Waals surface area contributed by atoms with Gasteiger partial charge in [-0.1, -0.05) is 0 Å². The molecular weight excluding hydrogens is 178 g/mol. The topological polar surface area (TPSA) is 58.6 Å². The van der Waals surface area contributed by atoms with Gasteiger partial charge in [0, 0.05) is 5.75 Å². The number of carboxylic acids is 1. The molecule has 72 valence electrons. The molecule has 12 heavy (non-hydrogen) atoms. The SMILES string of the molecule is CC(C)(C)ON[C@@H](CS)C(=O)O. The maximum absolute atomic E-state index is 10.5. The molecule has 0 unspecified atom stereocenters. The van der Waals surface area contributed by atoms with Crippen molar-refractivity contribution in [2.45, 2.75) is 32.4 Å². The second-order valence-electron chi connectivity index (χ2n) is 3.41. The second-order valence-corrected chi connectivity index (χ2v) is 3.77. The Balaban J connectivity index is 3.81. The van der Waals surface area contributed by atoms with E-state index in [2.05, 4.69) is 18.1 Å². The number of rotatable bonds is 4. The third kappa shape index (κ3) is 5.40. The van der Waals surface area contributed by atoms with Crippen molar-refractivity contribution in [1.29, 1.82) is 0 Å². The van der Waals surface area contributed by atoms with Crippen molar-refractivity contribution in [3.8, 4) is 0 Å². The lowest BCUT2D eigenvalue weighted by molar-refractivity contribution is -0.148. The van der Waals surface area contributed by atoms with Gasteiger partial charge in [0.1, 0.15) is 6.04 Å². The normalized spacial score (nSPS) is 14.3. The highest BCUT2D eigenvalue weighted by molar-refractivity contribution is 7.80. The third-order valence-corrected chi connectivity index (χ3v) is 1.35. The van der Waals surface area contributed by atoms with E-state index in [4.69, 9.17) is 9.94 Å². The first-order valence-electron chi connectivity index (χ1n) is 3.64. The highest BCUT2D eigenvalue weighted by atomic mass is 32.1. The minimum absolute atomic E-state index is 0.200. The van der Waals surface area contributed by atoms with Crippen LogP contribution in [0.1, 0.15) is 20.8 Å². The molecule has 0 saturated carbocycles. The Kier molecular flexibility index (Phi) is 4.59. The fourth-order valence-corrected chi connectivity index (χ4v) is 0.644. The smallest absolute Gasteiger partial charge is 0.323 e. The van der Waals surface area contributed by atoms with Crippen molar-refractivity contribution < 1.29 is 14.7 Å². The van der Waals surface area contributed by atoms with Crippen LogP contribution in [0.15, 0.2) is 0 Å². The van der Waals surface area contributed by atoms with Gasteiger partial charge in [0.25, 0.3) is 0 Å². The molecule has 1 atom stereocenters. The summed E-state index contributed by atoms with van der Waals surface area (Å²) in [5.74, 6) is -0.764. The average Bonchev–Trinajstić information content (AvgIpc) is 1.85. The zero-order valence-electron chi connectivity index (χ0n) is 7.50. The van der Waals surface area contributed by atoms with Crippen molar-refractivity contribution in [1.82, 2.24) is 5.48 Å². The number of hydrogen-bond acceptors (Lipinski definition) is 4. The predicted molar refractivity (Wildman–Crippen MR) is 49.3 cm³/mol. The molecule has 0 amide bonds. The lowest BCUT2D eigenvalue weighted by atomic mass is 10.2. The Hall–Kier alpha value is -0.260. The van der Waals surface area contributed by atoms with Crippen LogP contribution in [0, 0.1) is 0 Å². The zero-order chi connectivity index (χ0) is 9.78.